The summed E-state index contributed by atoms with van der Waals surface area (Å²) in [5.74, 6) is 0.418. The molecule has 46 heavy (non-hydrogen) atoms. The van der Waals surface area contributed by atoms with Gasteiger partial charge in [0.2, 0.25) is 10.0 Å². The SMILES string of the molecule is CCC/C=C/C(O)[C@@H]1CC[C@H]1CN1C[C@@]2(CCCc3cc(Cl)ccc32)COc2ccc(C(=O)NS(=O)(=O)C(C)C(C)CCC)cc21. The predicted molar refractivity (Wildman–Crippen MR) is 186 cm³/mol. The molecule has 1 amide bonds. The van der Waals surface area contributed by atoms with E-state index in [0.29, 0.717) is 25.4 Å². The molecule has 6 atom stereocenters. The summed E-state index contributed by atoms with van der Waals surface area (Å²) in [6.07, 6.45) is 12.1. The fourth-order valence-corrected chi connectivity index (χ4v) is 9.14. The molecule has 0 radical (unpaired) electrons. The quantitative estimate of drug-likeness (QED) is 0.228. The summed E-state index contributed by atoms with van der Waals surface area (Å²) in [4.78, 5) is 15.8. The molecule has 7 nitrogen and oxygen atoms in total. The highest BCUT2D eigenvalue weighted by molar-refractivity contribution is 7.90. The average Bonchev–Trinajstić information content (AvgIpc) is 3.15. The minimum atomic E-state index is -3.86. The van der Waals surface area contributed by atoms with Gasteiger partial charge in [0.05, 0.1) is 23.6 Å². The van der Waals surface area contributed by atoms with E-state index in [2.05, 4.69) is 34.8 Å². The van der Waals surface area contributed by atoms with Gasteiger partial charge in [0.15, 0.2) is 0 Å². The maximum Gasteiger partial charge on any atom is 0.264 e. The summed E-state index contributed by atoms with van der Waals surface area (Å²) in [5.41, 5.74) is 3.31. The van der Waals surface area contributed by atoms with Crippen molar-refractivity contribution in [2.75, 3.05) is 24.6 Å². The molecule has 1 spiro atoms. The van der Waals surface area contributed by atoms with Gasteiger partial charge in [0.25, 0.3) is 5.91 Å². The number of halogens is 1. The summed E-state index contributed by atoms with van der Waals surface area (Å²) in [6.45, 7) is 9.62. The van der Waals surface area contributed by atoms with Crippen molar-refractivity contribution >= 4 is 33.2 Å². The molecule has 2 aromatic rings. The summed E-state index contributed by atoms with van der Waals surface area (Å²) < 4.78 is 35.3. The maximum absolute atomic E-state index is 13.5. The third-order valence-corrected chi connectivity index (χ3v) is 12.9. The van der Waals surface area contributed by atoms with E-state index < -0.39 is 27.3 Å². The summed E-state index contributed by atoms with van der Waals surface area (Å²) in [5, 5.41) is 11.1. The first kappa shape index (κ1) is 34.8. The molecular weight excluding hydrogens is 620 g/mol. The second-order valence-electron chi connectivity index (χ2n) is 13.9. The molecule has 1 fully saturated rings. The molecule has 0 saturated heterocycles. The molecule has 9 heteroatoms. The number of sulfonamides is 1. The van der Waals surface area contributed by atoms with Crippen LogP contribution in [0.5, 0.6) is 5.75 Å². The van der Waals surface area contributed by atoms with Crippen LogP contribution in [0.4, 0.5) is 5.69 Å². The number of aliphatic hydroxyl groups excluding tert-OH is 1. The first-order chi connectivity index (χ1) is 22.0. The number of allylic oxidation sites excluding steroid dienone is 1. The Kier molecular flexibility index (Phi) is 11.1. The number of carbonyl (C=O) groups excluding carboxylic acids is 1. The van der Waals surface area contributed by atoms with Gasteiger partial charge in [-0.25, -0.2) is 13.1 Å². The minimum absolute atomic E-state index is 0.0710. The zero-order valence-corrected chi connectivity index (χ0v) is 29.4. The van der Waals surface area contributed by atoms with E-state index in [9.17, 15) is 18.3 Å². The number of aryl methyl sites for hydroxylation is 1. The third kappa shape index (κ3) is 7.44. The van der Waals surface area contributed by atoms with Gasteiger partial charge in [0.1, 0.15) is 5.75 Å². The number of ether oxygens (including phenoxy) is 1. The first-order valence-corrected chi connectivity index (χ1v) is 19.1. The van der Waals surface area contributed by atoms with Crippen molar-refractivity contribution in [2.24, 2.45) is 17.8 Å². The Morgan fingerprint density at radius 3 is 2.70 bits per heavy atom. The molecule has 1 heterocycles. The highest BCUT2D eigenvalue weighted by atomic mass is 35.5. The largest absolute Gasteiger partial charge is 0.490 e. The number of nitrogens with one attached hydrogen (secondary N) is 1. The molecule has 0 bridgehead atoms. The standard InChI is InChI=1S/C37H51ClN2O5S/c1-5-7-8-12-34(41)31-16-13-29(31)22-40-23-37(19-9-11-27-20-30(38)15-17-32(27)37)24-45-35-18-14-28(21-33(35)40)36(42)39-46(43,44)26(4)25(3)10-6-2/h8,12,14-15,17-18,20-21,25-26,29,31,34,41H,5-7,9-11,13,16,19,22-24H2,1-4H3,(H,39,42)/b12-8+/t25?,26?,29-,31+,34?,37-/m0/s1. The Hall–Kier alpha value is -2.55. The van der Waals surface area contributed by atoms with Crippen LogP contribution in [-0.4, -0.2) is 50.5 Å². The Morgan fingerprint density at radius 2 is 1.98 bits per heavy atom. The maximum atomic E-state index is 13.5. The molecule has 3 unspecified atom stereocenters. The highest BCUT2D eigenvalue weighted by Gasteiger charge is 2.44. The number of unbranched alkanes of at least 4 members (excludes halogenated alkanes) is 1. The fraction of sp³-hybridized carbons (Fsp3) is 0.595. The number of hydrogen-bond acceptors (Lipinski definition) is 6. The normalized spacial score (nSPS) is 24.7. The second kappa shape index (κ2) is 14.7. The van der Waals surface area contributed by atoms with Gasteiger partial charge in [-0.1, -0.05) is 63.4 Å². The summed E-state index contributed by atoms with van der Waals surface area (Å²) in [7, 11) is -3.86. The second-order valence-corrected chi connectivity index (χ2v) is 16.4. The van der Waals surface area contributed by atoms with Crippen LogP contribution in [0.3, 0.4) is 0 Å². The summed E-state index contributed by atoms with van der Waals surface area (Å²) in [6, 6.07) is 11.4. The van der Waals surface area contributed by atoms with Gasteiger partial charge < -0.3 is 14.7 Å². The Bertz CT molecular complexity index is 1530. The lowest BCUT2D eigenvalue weighted by Crippen LogP contribution is -2.49. The van der Waals surface area contributed by atoms with Crippen molar-refractivity contribution in [3.05, 3.63) is 70.3 Å². The fourth-order valence-electron chi connectivity index (χ4n) is 7.63. The van der Waals surface area contributed by atoms with Gasteiger partial charge in [-0.05, 0) is 111 Å². The smallest absolute Gasteiger partial charge is 0.264 e. The minimum Gasteiger partial charge on any atom is -0.490 e. The van der Waals surface area contributed by atoms with Crippen molar-refractivity contribution in [2.45, 2.75) is 102 Å². The van der Waals surface area contributed by atoms with Gasteiger partial charge in [-0.2, -0.15) is 0 Å². The number of aliphatic hydroxyl groups is 1. The lowest BCUT2D eigenvalue weighted by Gasteiger charge is -2.45. The molecule has 0 aromatic heterocycles. The topological polar surface area (TPSA) is 95.9 Å². The number of carbonyl (C=O) groups is 1. The lowest BCUT2D eigenvalue weighted by atomic mass is 9.68. The van der Waals surface area contributed by atoms with Crippen molar-refractivity contribution < 1.29 is 23.1 Å². The molecule has 5 rings (SSSR count). The monoisotopic (exact) mass is 670 g/mol. The average molecular weight is 671 g/mol. The van der Waals surface area contributed by atoms with Crippen LogP contribution in [0.2, 0.25) is 5.02 Å². The molecule has 3 aliphatic rings. The van der Waals surface area contributed by atoms with Crippen LogP contribution in [0.1, 0.15) is 101 Å². The number of benzene rings is 2. The van der Waals surface area contributed by atoms with Gasteiger partial charge in [-0.15, -0.1) is 0 Å². The van der Waals surface area contributed by atoms with E-state index >= 15 is 0 Å². The molecule has 2 aliphatic carbocycles. The number of hydrogen-bond donors (Lipinski definition) is 2. The molecule has 2 N–H and O–H groups in total. The number of anilines is 1. The van der Waals surface area contributed by atoms with Crippen molar-refractivity contribution in [1.82, 2.24) is 4.72 Å². The number of amides is 1. The zero-order chi connectivity index (χ0) is 33.1. The molecular formula is C37H51ClN2O5S. The van der Waals surface area contributed by atoms with Crippen LogP contribution >= 0.6 is 11.6 Å². The molecule has 252 valence electrons. The number of rotatable bonds is 12. The highest BCUT2D eigenvalue weighted by Crippen LogP contribution is 2.46. The Balaban J connectivity index is 1.47. The lowest BCUT2D eigenvalue weighted by molar-refractivity contribution is 0.0456. The van der Waals surface area contributed by atoms with E-state index in [-0.39, 0.29) is 28.7 Å². The number of nitrogens with zero attached hydrogens (tertiary/aromatic N) is 1. The van der Waals surface area contributed by atoms with Gasteiger partial charge >= 0.3 is 0 Å². The molecule has 1 aliphatic heterocycles. The van der Waals surface area contributed by atoms with Gasteiger partial charge in [0, 0.05) is 29.1 Å². The van der Waals surface area contributed by atoms with Crippen molar-refractivity contribution in [3.8, 4) is 5.75 Å². The van der Waals surface area contributed by atoms with Crippen LogP contribution in [0.15, 0.2) is 48.6 Å². The molecule has 2 aromatic carbocycles. The predicted octanol–water partition coefficient (Wildman–Crippen LogP) is 7.44. The van der Waals surface area contributed by atoms with E-state index in [1.807, 2.05) is 26.0 Å². The van der Waals surface area contributed by atoms with Gasteiger partial charge in [-0.3, -0.25) is 4.79 Å². The van der Waals surface area contributed by atoms with E-state index in [0.717, 1.165) is 68.5 Å². The Labute approximate surface area is 280 Å². The van der Waals surface area contributed by atoms with Crippen molar-refractivity contribution in [1.29, 1.82) is 0 Å². The van der Waals surface area contributed by atoms with Crippen molar-refractivity contribution in [3.63, 3.8) is 0 Å². The Morgan fingerprint density at radius 1 is 1.17 bits per heavy atom. The van der Waals surface area contributed by atoms with Crippen LogP contribution in [0, 0.1) is 17.8 Å². The third-order valence-electron chi connectivity index (χ3n) is 10.7. The van der Waals surface area contributed by atoms with E-state index in [1.165, 1.54) is 11.1 Å². The van der Waals surface area contributed by atoms with Crippen LogP contribution < -0.4 is 14.4 Å². The van der Waals surface area contributed by atoms with E-state index in [1.54, 1.807) is 25.1 Å². The van der Waals surface area contributed by atoms with Crippen LogP contribution in [0.25, 0.3) is 0 Å². The first-order valence-electron chi connectivity index (χ1n) is 17.2. The molecule has 1 saturated carbocycles. The zero-order valence-electron chi connectivity index (χ0n) is 27.8. The van der Waals surface area contributed by atoms with E-state index in [4.69, 9.17) is 16.3 Å². The van der Waals surface area contributed by atoms with Crippen LogP contribution in [-0.2, 0) is 21.9 Å². The summed E-state index contributed by atoms with van der Waals surface area (Å²) >= 11 is 6.42. The number of fused-ring (bicyclic) bond motifs is 3.